The molecule has 1 aromatic carbocycles. The predicted molar refractivity (Wildman–Crippen MR) is 56.1 cm³/mol. The summed E-state index contributed by atoms with van der Waals surface area (Å²) in [5.41, 5.74) is -0.599. The minimum atomic E-state index is -4.24. The zero-order valence-corrected chi connectivity index (χ0v) is 9.51. The van der Waals surface area contributed by atoms with Crippen molar-refractivity contribution in [3.63, 3.8) is 0 Å². The van der Waals surface area contributed by atoms with Crippen molar-refractivity contribution >= 4 is 21.7 Å². The quantitative estimate of drug-likeness (QED) is 0.853. The maximum absolute atomic E-state index is 13.3. The third kappa shape index (κ3) is 3.66. The maximum atomic E-state index is 13.3. The second-order valence-corrected chi connectivity index (χ2v) is 5.06. The molecule has 0 saturated heterocycles. The molecule has 1 aromatic rings. The van der Waals surface area contributed by atoms with Gasteiger partial charge in [0, 0.05) is 6.07 Å². The van der Waals surface area contributed by atoms with Crippen molar-refractivity contribution in [1.82, 2.24) is 0 Å². The summed E-state index contributed by atoms with van der Waals surface area (Å²) in [6.07, 6.45) is 0. The van der Waals surface area contributed by atoms with Gasteiger partial charge in [0.25, 0.3) is 0 Å². The van der Waals surface area contributed by atoms with E-state index in [9.17, 15) is 22.0 Å². The number of aliphatic carboxylic acids is 1. The largest absolute Gasteiger partial charge is 0.480 e. The molecular weight excluding hydrogens is 256 g/mol. The molecule has 8 heteroatoms. The Bertz CT molecular complexity index is 556. The van der Waals surface area contributed by atoms with Gasteiger partial charge in [-0.3, -0.25) is 9.52 Å². The highest BCUT2D eigenvalue weighted by Crippen LogP contribution is 2.19. The Morgan fingerprint density at radius 1 is 1.35 bits per heavy atom. The van der Waals surface area contributed by atoms with Gasteiger partial charge in [-0.25, -0.2) is 17.2 Å². The van der Waals surface area contributed by atoms with E-state index in [0.29, 0.717) is 6.07 Å². The first-order chi connectivity index (χ1) is 7.71. The number of carbonyl (C=O) groups is 1. The molecule has 0 atom stereocenters. The standard InChI is InChI=1S/C9H9F2NO4S/c1-5-2-7(11)8(3-6(5)10)12-17(15,16)4-9(13)14/h2-3,12H,4H2,1H3,(H,13,14). The van der Waals surface area contributed by atoms with Crippen LogP contribution in [-0.2, 0) is 14.8 Å². The molecule has 0 radical (unpaired) electrons. The van der Waals surface area contributed by atoms with Gasteiger partial charge >= 0.3 is 5.97 Å². The normalized spacial score (nSPS) is 11.2. The molecule has 0 fully saturated rings. The molecule has 0 bridgehead atoms. The molecule has 94 valence electrons. The number of carboxylic acid groups (broad SMARTS) is 1. The van der Waals surface area contributed by atoms with E-state index >= 15 is 0 Å². The van der Waals surface area contributed by atoms with Crippen molar-refractivity contribution in [3.05, 3.63) is 29.3 Å². The van der Waals surface area contributed by atoms with Gasteiger partial charge in [0.15, 0.2) is 5.75 Å². The van der Waals surface area contributed by atoms with Crippen molar-refractivity contribution in [2.75, 3.05) is 10.5 Å². The summed E-state index contributed by atoms with van der Waals surface area (Å²) >= 11 is 0. The Morgan fingerprint density at radius 3 is 2.47 bits per heavy atom. The Balaban J connectivity index is 3.04. The molecule has 1 rings (SSSR count). The maximum Gasteiger partial charge on any atom is 0.320 e. The molecule has 2 N–H and O–H groups in total. The number of hydrogen-bond acceptors (Lipinski definition) is 3. The second kappa shape index (κ2) is 4.66. The van der Waals surface area contributed by atoms with E-state index in [0.717, 1.165) is 6.07 Å². The first-order valence-corrected chi connectivity index (χ1v) is 6.04. The molecule has 0 aromatic heterocycles. The number of halogens is 2. The van der Waals surface area contributed by atoms with Crippen LogP contribution >= 0.6 is 0 Å². The number of sulfonamides is 1. The average Bonchev–Trinajstić information content (AvgIpc) is 2.11. The van der Waals surface area contributed by atoms with Crippen LogP contribution in [0.4, 0.5) is 14.5 Å². The third-order valence-corrected chi connectivity index (χ3v) is 2.99. The van der Waals surface area contributed by atoms with Crippen molar-refractivity contribution < 1.29 is 27.1 Å². The summed E-state index contributed by atoms with van der Waals surface area (Å²) in [5.74, 6) is -4.58. The molecule has 0 aliphatic rings. The van der Waals surface area contributed by atoms with E-state index in [1.54, 1.807) is 4.72 Å². The second-order valence-electron chi connectivity index (χ2n) is 3.34. The van der Waals surface area contributed by atoms with E-state index in [4.69, 9.17) is 5.11 Å². The minimum Gasteiger partial charge on any atom is -0.480 e. The number of aryl methyl sites for hydroxylation is 1. The van der Waals surface area contributed by atoms with Crippen LogP contribution in [0.5, 0.6) is 0 Å². The van der Waals surface area contributed by atoms with Gasteiger partial charge in [0.1, 0.15) is 11.6 Å². The predicted octanol–water partition coefficient (Wildman–Crippen LogP) is 1.10. The van der Waals surface area contributed by atoms with Crippen LogP contribution in [0.1, 0.15) is 5.56 Å². The Kier molecular flexibility index (Phi) is 3.66. The van der Waals surface area contributed by atoms with Crippen molar-refractivity contribution in [3.8, 4) is 0 Å². The molecular formula is C9H9F2NO4S. The zero-order valence-electron chi connectivity index (χ0n) is 8.70. The highest BCUT2D eigenvalue weighted by molar-refractivity contribution is 7.93. The Hall–Kier alpha value is -1.70. The lowest BCUT2D eigenvalue weighted by molar-refractivity contribution is -0.134. The van der Waals surface area contributed by atoms with E-state index in [2.05, 4.69) is 0 Å². The van der Waals surface area contributed by atoms with Gasteiger partial charge in [-0.2, -0.15) is 0 Å². The van der Waals surface area contributed by atoms with Crippen LogP contribution in [0.3, 0.4) is 0 Å². The fraction of sp³-hybridized carbons (Fsp3) is 0.222. The fourth-order valence-corrected chi connectivity index (χ4v) is 1.98. The minimum absolute atomic E-state index is 0.0173. The summed E-state index contributed by atoms with van der Waals surface area (Å²) in [7, 11) is -4.24. The molecule has 0 heterocycles. The number of carboxylic acids is 1. The SMILES string of the molecule is Cc1cc(F)c(NS(=O)(=O)CC(=O)O)cc1F. The van der Waals surface area contributed by atoms with Crippen LogP contribution in [0.25, 0.3) is 0 Å². The topological polar surface area (TPSA) is 83.5 Å². The van der Waals surface area contributed by atoms with Crippen LogP contribution in [-0.4, -0.2) is 25.2 Å². The summed E-state index contributed by atoms with van der Waals surface area (Å²) in [5, 5.41) is 8.31. The van der Waals surface area contributed by atoms with Gasteiger partial charge in [-0.1, -0.05) is 0 Å². The lowest BCUT2D eigenvalue weighted by atomic mass is 10.2. The number of nitrogens with one attached hydrogen (secondary N) is 1. The highest BCUT2D eigenvalue weighted by atomic mass is 32.2. The average molecular weight is 265 g/mol. The molecule has 0 aliphatic heterocycles. The molecule has 0 unspecified atom stereocenters. The highest BCUT2D eigenvalue weighted by Gasteiger charge is 2.18. The molecule has 5 nitrogen and oxygen atoms in total. The number of hydrogen-bond donors (Lipinski definition) is 2. The van der Waals surface area contributed by atoms with Crippen molar-refractivity contribution in [1.29, 1.82) is 0 Å². The van der Waals surface area contributed by atoms with Gasteiger partial charge in [-0.15, -0.1) is 0 Å². The monoisotopic (exact) mass is 265 g/mol. The molecule has 17 heavy (non-hydrogen) atoms. The lowest BCUT2D eigenvalue weighted by Crippen LogP contribution is -2.23. The molecule has 0 aliphatic carbocycles. The first-order valence-electron chi connectivity index (χ1n) is 4.39. The summed E-state index contributed by atoms with van der Waals surface area (Å²) in [4.78, 5) is 10.2. The smallest absolute Gasteiger partial charge is 0.320 e. The Labute approximate surface area is 96.1 Å². The number of benzene rings is 1. The van der Waals surface area contributed by atoms with Crippen LogP contribution < -0.4 is 4.72 Å². The summed E-state index contributed by atoms with van der Waals surface area (Å²) in [6, 6.07) is 1.47. The van der Waals surface area contributed by atoms with Crippen LogP contribution in [0.15, 0.2) is 12.1 Å². The molecule has 0 spiro atoms. The number of rotatable bonds is 4. The first kappa shape index (κ1) is 13.4. The van der Waals surface area contributed by atoms with Gasteiger partial charge in [0.05, 0.1) is 5.69 Å². The van der Waals surface area contributed by atoms with Crippen LogP contribution in [0.2, 0.25) is 0 Å². The summed E-state index contributed by atoms with van der Waals surface area (Å²) in [6.45, 7) is 1.31. The van der Waals surface area contributed by atoms with E-state index in [1.807, 2.05) is 0 Å². The van der Waals surface area contributed by atoms with Gasteiger partial charge in [-0.05, 0) is 18.6 Å². The van der Waals surface area contributed by atoms with Gasteiger partial charge < -0.3 is 5.11 Å². The molecule has 0 saturated carbocycles. The number of anilines is 1. The van der Waals surface area contributed by atoms with Crippen molar-refractivity contribution in [2.24, 2.45) is 0 Å². The van der Waals surface area contributed by atoms with E-state index < -0.39 is 39.1 Å². The van der Waals surface area contributed by atoms with E-state index in [1.165, 1.54) is 6.92 Å². The fourth-order valence-electron chi connectivity index (χ4n) is 1.09. The Morgan fingerprint density at radius 2 is 1.94 bits per heavy atom. The van der Waals surface area contributed by atoms with Crippen molar-refractivity contribution in [2.45, 2.75) is 6.92 Å². The zero-order chi connectivity index (χ0) is 13.2. The van der Waals surface area contributed by atoms with Gasteiger partial charge in [0.2, 0.25) is 10.0 Å². The lowest BCUT2D eigenvalue weighted by Gasteiger charge is -2.08. The third-order valence-electron chi connectivity index (χ3n) is 1.83. The van der Waals surface area contributed by atoms with Crippen LogP contribution in [0, 0.1) is 18.6 Å². The summed E-state index contributed by atoms with van der Waals surface area (Å²) < 4.78 is 50.4. The van der Waals surface area contributed by atoms with E-state index in [-0.39, 0.29) is 5.56 Å². The molecule has 0 amide bonds.